The molecular weight excluding hydrogens is 342 g/mol. The Balaban J connectivity index is 0.00000196. The molecule has 2 aromatic heterocycles. The van der Waals surface area contributed by atoms with Crippen molar-refractivity contribution < 1.29 is 0 Å². The zero-order chi connectivity index (χ0) is 17.2. The first-order valence-corrected chi connectivity index (χ1v) is 8.99. The fraction of sp³-hybridized carbons (Fsp3) is 0.400. The minimum atomic E-state index is 0. The van der Waals surface area contributed by atoms with Crippen molar-refractivity contribution in [2.75, 3.05) is 25.0 Å². The first-order valence-electron chi connectivity index (χ1n) is 8.99. The average Bonchev–Trinajstić information content (AvgIpc) is 3.12. The van der Waals surface area contributed by atoms with Gasteiger partial charge in [0.15, 0.2) is 0 Å². The molecule has 0 amide bonds. The van der Waals surface area contributed by atoms with Crippen LogP contribution in [0.25, 0.3) is 11.0 Å². The summed E-state index contributed by atoms with van der Waals surface area (Å²) >= 11 is 0. The number of nitrogens with one attached hydrogen (secondary N) is 1. The van der Waals surface area contributed by atoms with Gasteiger partial charge in [-0.2, -0.15) is 13.5 Å². The molecule has 5 nitrogen and oxygen atoms in total. The first-order chi connectivity index (χ1) is 12.2. The van der Waals surface area contributed by atoms with Crippen LogP contribution in [0, 0.1) is 5.92 Å². The number of hydrogen-bond acceptors (Lipinski definition) is 4. The van der Waals surface area contributed by atoms with Gasteiger partial charge >= 0.3 is 0 Å². The number of likely N-dealkylation sites (N-methyl/N-ethyl adjacent to an activating group) is 1. The summed E-state index contributed by atoms with van der Waals surface area (Å²) in [5.41, 5.74) is 2.29. The monoisotopic (exact) mass is 369 g/mol. The van der Waals surface area contributed by atoms with Crippen LogP contribution in [0.4, 0.5) is 5.82 Å². The summed E-state index contributed by atoms with van der Waals surface area (Å²) in [5, 5.41) is 1.09. The number of anilines is 1. The highest BCUT2D eigenvalue weighted by Crippen LogP contribution is 2.29. The minimum Gasteiger partial charge on any atom is -0.354 e. The molecular formula is C20H27N5S. The minimum absolute atomic E-state index is 0. The van der Waals surface area contributed by atoms with Gasteiger partial charge < -0.3 is 9.88 Å². The van der Waals surface area contributed by atoms with Gasteiger partial charge in [-0.25, -0.2) is 9.97 Å². The third-order valence-corrected chi connectivity index (χ3v) is 5.42. The normalized spacial score (nSPS) is 20.7. The van der Waals surface area contributed by atoms with Crippen molar-refractivity contribution in [3.05, 3.63) is 54.5 Å². The standard InChI is InChI=1S/C20H25N5.H2S/c1-15-9-11-25(12-16-6-4-3-5-7-16)13-18(15)24(2)20-17-8-10-21-19(17)22-14-23-20;/h3-8,10,14-15,18H,9,11-13H2,1-2H3,(H,21,22,23);1H2. The molecule has 1 fully saturated rings. The van der Waals surface area contributed by atoms with Crippen LogP contribution in [-0.2, 0) is 6.54 Å². The van der Waals surface area contributed by atoms with E-state index in [-0.39, 0.29) is 13.5 Å². The zero-order valence-corrected chi connectivity index (χ0v) is 16.4. The Morgan fingerprint density at radius 1 is 1.19 bits per heavy atom. The van der Waals surface area contributed by atoms with E-state index in [0.29, 0.717) is 12.0 Å². The molecule has 26 heavy (non-hydrogen) atoms. The summed E-state index contributed by atoms with van der Waals surface area (Å²) in [4.78, 5) is 17.0. The summed E-state index contributed by atoms with van der Waals surface area (Å²) in [7, 11) is 2.17. The maximum absolute atomic E-state index is 4.57. The molecule has 0 spiro atoms. The predicted molar refractivity (Wildman–Crippen MR) is 112 cm³/mol. The Hall–Kier alpha value is -2.05. The number of piperidine rings is 1. The predicted octanol–water partition coefficient (Wildman–Crippen LogP) is 3.42. The van der Waals surface area contributed by atoms with Crippen LogP contribution in [0.3, 0.4) is 0 Å². The van der Waals surface area contributed by atoms with Crippen LogP contribution in [-0.4, -0.2) is 46.0 Å². The maximum atomic E-state index is 4.57. The molecule has 3 heterocycles. The van der Waals surface area contributed by atoms with E-state index in [1.165, 1.54) is 12.0 Å². The van der Waals surface area contributed by atoms with Crippen LogP contribution >= 0.6 is 13.5 Å². The number of benzene rings is 1. The number of rotatable bonds is 4. The van der Waals surface area contributed by atoms with Gasteiger partial charge in [-0.05, 0) is 30.5 Å². The molecule has 0 bridgehead atoms. The van der Waals surface area contributed by atoms with Crippen molar-refractivity contribution in [1.82, 2.24) is 19.9 Å². The van der Waals surface area contributed by atoms with Gasteiger partial charge in [0.2, 0.25) is 0 Å². The van der Waals surface area contributed by atoms with Gasteiger partial charge in [0.1, 0.15) is 17.8 Å². The fourth-order valence-electron chi connectivity index (χ4n) is 3.90. The van der Waals surface area contributed by atoms with Crippen LogP contribution in [0.1, 0.15) is 18.9 Å². The molecule has 0 radical (unpaired) electrons. The number of hydrogen-bond donors (Lipinski definition) is 1. The smallest absolute Gasteiger partial charge is 0.142 e. The third kappa shape index (κ3) is 3.71. The Morgan fingerprint density at radius 3 is 2.81 bits per heavy atom. The van der Waals surface area contributed by atoms with Gasteiger partial charge in [0, 0.05) is 32.4 Å². The van der Waals surface area contributed by atoms with E-state index in [9.17, 15) is 0 Å². The number of H-pyrrole nitrogens is 1. The molecule has 3 aromatic rings. The van der Waals surface area contributed by atoms with E-state index >= 15 is 0 Å². The van der Waals surface area contributed by atoms with Crippen molar-refractivity contribution in [1.29, 1.82) is 0 Å². The zero-order valence-electron chi connectivity index (χ0n) is 15.4. The van der Waals surface area contributed by atoms with Crippen molar-refractivity contribution in [2.45, 2.75) is 25.9 Å². The highest BCUT2D eigenvalue weighted by atomic mass is 32.1. The molecule has 138 valence electrons. The van der Waals surface area contributed by atoms with Crippen molar-refractivity contribution in [3.63, 3.8) is 0 Å². The number of aromatic amines is 1. The maximum Gasteiger partial charge on any atom is 0.142 e. The molecule has 6 heteroatoms. The Kier molecular flexibility index (Phi) is 5.84. The molecule has 2 unspecified atom stereocenters. The lowest BCUT2D eigenvalue weighted by Crippen LogP contribution is -2.50. The number of nitrogens with zero attached hydrogens (tertiary/aromatic N) is 4. The van der Waals surface area contributed by atoms with Crippen molar-refractivity contribution in [3.8, 4) is 0 Å². The van der Waals surface area contributed by atoms with E-state index in [1.54, 1.807) is 6.33 Å². The van der Waals surface area contributed by atoms with Crippen LogP contribution in [0.5, 0.6) is 0 Å². The van der Waals surface area contributed by atoms with Crippen LogP contribution in [0.2, 0.25) is 0 Å². The molecule has 0 saturated carbocycles. The molecule has 1 aromatic carbocycles. The van der Waals surface area contributed by atoms with E-state index in [4.69, 9.17) is 0 Å². The molecule has 0 aliphatic carbocycles. The Labute approximate surface area is 161 Å². The first kappa shape index (κ1) is 18.7. The quantitative estimate of drug-likeness (QED) is 0.766. The Morgan fingerprint density at radius 2 is 2.00 bits per heavy atom. The van der Waals surface area contributed by atoms with Gasteiger partial charge in [0.05, 0.1) is 5.39 Å². The number of likely N-dealkylation sites (tertiary alicyclic amines) is 1. The topological polar surface area (TPSA) is 48.1 Å². The fourth-order valence-corrected chi connectivity index (χ4v) is 3.90. The van der Waals surface area contributed by atoms with E-state index in [2.05, 4.69) is 75.1 Å². The van der Waals surface area contributed by atoms with Crippen molar-refractivity contribution in [2.24, 2.45) is 5.92 Å². The number of fused-ring (bicyclic) bond motifs is 1. The average molecular weight is 370 g/mol. The van der Waals surface area contributed by atoms with E-state index < -0.39 is 0 Å². The lowest BCUT2D eigenvalue weighted by molar-refractivity contribution is 0.159. The largest absolute Gasteiger partial charge is 0.354 e. The molecule has 1 N–H and O–H groups in total. The molecule has 1 aliphatic rings. The molecule has 2 atom stereocenters. The lowest BCUT2D eigenvalue weighted by Gasteiger charge is -2.42. The summed E-state index contributed by atoms with van der Waals surface area (Å²) in [5.74, 6) is 1.66. The molecule has 1 saturated heterocycles. The van der Waals surface area contributed by atoms with E-state index in [0.717, 1.165) is 36.5 Å². The lowest BCUT2D eigenvalue weighted by atomic mass is 9.92. The van der Waals surface area contributed by atoms with Crippen LogP contribution < -0.4 is 4.90 Å². The summed E-state index contributed by atoms with van der Waals surface area (Å²) < 4.78 is 0. The highest BCUT2D eigenvalue weighted by molar-refractivity contribution is 7.59. The van der Waals surface area contributed by atoms with Gasteiger partial charge in [0.25, 0.3) is 0 Å². The van der Waals surface area contributed by atoms with Crippen LogP contribution in [0.15, 0.2) is 48.9 Å². The highest BCUT2D eigenvalue weighted by Gasteiger charge is 2.30. The molecule has 1 aliphatic heterocycles. The molecule has 4 rings (SSSR count). The SMILES string of the molecule is CC1CCN(Cc2ccccc2)CC1N(C)c1ncnc2[nH]ccc12.S. The second kappa shape index (κ2) is 8.10. The Bertz CT molecular complexity index is 834. The summed E-state index contributed by atoms with van der Waals surface area (Å²) in [6.45, 7) is 5.59. The summed E-state index contributed by atoms with van der Waals surface area (Å²) in [6, 6.07) is 13.3. The number of aromatic nitrogens is 3. The second-order valence-electron chi connectivity index (χ2n) is 7.10. The second-order valence-corrected chi connectivity index (χ2v) is 7.10. The summed E-state index contributed by atoms with van der Waals surface area (Å²) in [6.07, 6.45) is 4.80. The third-order valence-electron chi connectivity index (χ3n) is 5.42. The van der Waals surface area contributed by atoms with Gasteiger partial charge in [-0.15, -0.1) is 0 Å². The van der Waals surface area contributed by atoms with Gasteiger partial charge in [-0.3, -0.25) is 4.90 Å². The van der Waals surface area contributed by atoms with Gasteiger partial charge in [-0.1, -0.05) is 37.3 Å². The van der Waals surface area contributed by atoms with Crippen molar-refractivity contribution >= 4 is 30.3 Å². The van der Waals surface area contributed by atoms with E-state index in [1.807, 2.05) is 6.20 Å².